The van der Waals surface area contributed by atoms with Gasteiger partial charge >= 0.3 is 0 Å². The van der Waals surface area contributed by atoms with Crippen LogP contribution in [0.15, 0.2) is 36.5 Å². The zero-order valence-electron chi connectivity index (χ0n) is 12.2. The molecule has 3 nitrogen and oxygen atoms in total. The van der Waals surface area contributed by atoms with E-state index < -0.39 is 0 Å². The highest BCUT2D eigenvalue weighted by Crippen LogP contribution is 2.16. The molecule has 2 heterocycles. The van der Waals surface area contributed by atoms with Gasteiger partial charge in [-0.25, -0.2) is 0 Å². The van der Waals surface area contributed by atoms with Crippen molar-refractivity contribution in [2.75, 3.05) is 26.2 Å². The number of pyridine rings is 1. The molecule has 0 aliphatic carbocycles. The van der Waals surface area contributed by atoms with Crippen LogP contribution in [0.3, 0.4) is 0 Å². The zero-order valence-corrected chi connectivity index (χ0v) is 12.2. The molecule has 0 radical (unpaired) electrons. The van der Waals surface area contributed by atoms with E-state index >= 15 is 0 Å². The van der Waals surface area contributed by atoms with Crippen LogP contribution in [0.4, 0.5) is 0 Å². The molecule has 1 N–H and O–H groups in total. The van der Waals surface area contributed by atoms with E-state index in [1.807, 2.05) is 12.3 Å². The third-order valence-electron chi connectivity index (χ3n) is 4.25. The van der Waals surface area contributed by atoms with Crippen molar-refractivity contribution in [1.29, 1.82) is 0 Å². The van der Waals surface area contributed by atoms with Gasteiger partial charge in [-0.15, -0.1) is 0 Å². The number of fused-ring (bicyclic) bond motifs is 1. The molecule has 0 bridgehead atoms. The molecule has 1 atom stereocenters. The van der Waals surface area contributed by atoms with Crippen molar-refractivity contribution < 1.29 is 0 Å². The summed E-state index contributed by atoms with van der Waals surface area (Å²) < 4.78 is 0. The molecule has 20 heavy (non-hydrogen) atoms. The molecule has 1 unspecified atom stereocenters. The second kappa shape index (κ2) is 6.33. The Morgan fingerprint density at radius 1 is 1.35 bits per heavy atom. The number of hydrogen-bond donors (Lipinski definition) is 1. The number of likely N-dealkylation sites (tertiary alicyclic amines) is 1. The molecule has 1 aromatic heterocycles. The summed E-state index contributed by atoms with van der Waals surface area (Å²) in [5, 5.41) is 4.83. The summed E-state index contributed by atoms with van der Waals surface area (Å²) in [4.78, 5) is 6.89. The lowest BCUT2D eigenvalue weighted by Crippen LogP contribution is -2.26. The molecule has 1 aliphatic rings. The van der Waals surface area contributed by atoms with Crippen LogP contribution >= 0.6 is 0 Å². The number of hydrogen-bond acceptors (Lipinski definition) is 3. The molecule has 0 spiro atoms. The van der Waals surface area contributed by atoms with E-state index in [0.29, 0.717) is 0 Å². The number of nitrogens with zero attached hydrogens (tertiary/aromatic N) is 2. The third kappa shape index (κ3) is 3.17. The van der Waals surface area contributed by atoms with Gasteiger partial charge in [0.05, 0.1) is 5.52 Å². The molecule has 2 aromatic rings. The summed E-state index contributed by atoms with van der Waals surface area (Å²) in [5.41, 5.74) is 2.42. The highest BCUT2D eigenvalue weighted by Gasteiger charge is 2.20. The van der Waals surface area contributed by atoms with Gasteiger partial charge in [0.1, 0.15) is 0 Å². The van der Waals surface area contributed by atoms with Gasteiger partial charge in [0.15, 0.2) is 0 Å². The van der Waals surface area contributed by atoms with E-state index in [4.69, 9.17) is 0 Å². The Kier molecular flexibility index (Phi) is 4.28. The maximum absolute atomic E-state index is 4.36. The van der Waals surface area contributed by atoms with Gasteiger partial charge in [0.2, 0.25) is 0 Å². The fourth-order valence-electron chi connectivity index (χ4n) is 3.02. The first-order valence-electron chi connectivity index (χ1n) is 7.62. The smallest absolute Gasteiger partial charge is 0.0702 e. The van der Waals surface area contributed by atoms with E-state index in [1.54, 1.807) is 0 Å². The lowest BCUT2D eigenvalue weighted by molar-refractivity contribution is 0.339. The molecule has 106 valence electrons. The van der Waals surface area contributed by atoms with E-state index in [1.165, 1.54) is 37.0 Å². The highest BCUT2D eigenvalue weighted by molar-refractivity contribution is 5.78. The van der Waals surface area contributed by atoms with Gasteiger partial charge in [-0.2, -0.15) is 0 Å². The predicted molar refractivity (Wildman–Crippen MR) is 83.7 cm³/mol. The molecule has 1 fully saturated rings. The molecular weight excluding hydrogens is 246 g/mol. The van der Waals surface area contributed by atoms with Crippen LogP contribution in [0.5, 0.6) is 0 Å². The topological polar surface area (TPSA) is 28.2 Å². The average molecular weight is 269 g/mol. The Balaban J connectivity index is 1.52. The second-order valence-corrected chi connectivity index (χ2v) is 5.71. The van der Waals surface area contributed by atoms with Crippen LogP contribution < -0.4 is 5.32 Å². The minimum Gasteiger partial charge on any atom is -0.312 e. The minimum absolute atomic E-state index is 0.817. The molecule has 1 aliphatic heterocycles. The lowest BCUT2D eigenvalue weighted by atomic mass is 10.1. The van der Waals surface area contributed by atoms with Crippen molar-refractivity contribution in [1.82, 2.24) is 15.2 Å². The van der Waals surface area contributed by atoms with Crippen molar-refractivity contribution >= 4 is 10.9 Å². The van der Waals surface area contributed by atoms with Gasteiger partial charge < -0.3 is 10.2 Å². The number of rotatable bonds is 5. The highest BCUT2D eigenvalue weighted by atomic mass is 15.1. The van der Waals surface area contributed by atoms with E-state index in [-0.39, 0.29) is 0 Å². The van der Waals surface area contributed by atoms with Crippen LogP contribution in [0, 0.1) is 5.92 Å². The number of nitrogens with one attached hydrogen (secondary N) is 1. The van der Waals surface area contributed by atoms with Crippen LogP contribution in [-0.4, -0.2) is 36.1 Å². The lowest BCUT2D eigenvalue weighted by Gasteiger charge is -2.14. The van der Waals surface area contributed by atoms with Gasteiger partial charge in [0, 0.05) is 24.7 Å². The standard InChI is InChI=1S/C17H23N3/c1-2-20-9-7-15(13-20)12-18-11-14-5-6-17-16(10-14)4-3-8-19-17/h3-6,8,10,15,18H,2,7,9,11-13H2,1H3. The fourth-order valence-corrected chi connectivity index (χ4v) is 3.02. The third-order valence-corrected chi connectivity index (χ3v) is 4.25. The normalized spacial score (nSPS) is 19.8. The Labute approximate surface area is 121 Å². The van der Waals surface area contributed by atoms with Crippen LogP contribution in [0.1, 0.15) is 18.9 Å². The molecule has 3 rings (SSSR count). The SMILES string of the molecule is CCN1CCC(CNCc2ccc3ncccc3c2)C1. The Hall–Kier alpha value is -1.45. The summed E-state index contributed by atoms with van der Waals surface area (Å²) in [7, 11) is 0. The number of aromatic nitrogens is 1. The van der Waals surface area contributed by atoms with Gasteiger partial charge in [-0.05, 0) is 55.7 Å². The Morgan fingerprint density at radius 2 is 2.30 bits per heavy atom. The molecule has 1 saturated heterocycles. The van der Waals surface area contributed by atoms with Crippen molar-refractivity contribution in [2.24, 2.45) is 5.92 Å². The van der Waals surface area contributed by atoms with Gasteiger partial charge in [-0.3, -0.25) is 4.98 Å². The Bertz CT molecular complexity index is 567. The summed E-state index contributed by atoms with van der Waals surface area (Å²) in [6, 6.07) is 10.7. The maximum Gasteiger partial charge on any atom is 0.0702 e. The van der Waals surface area contributed by atoms with Crippen molar-refractivity contribution in [3.8, 4) is 0 Å². The van der Waals surface area contributed by atoms with Crippen LogP contribution in [0.25, 0.3) is 10.9 Å². The summed E-state index contributed by atoms with van der Waals surface area (Å²) in [5.74, 6) is 0.817. The van der Waals surface area contributed by atoms with Crippen molar-refractivity contribution in [3.05, 3.63) is 42.1 Å². The summed E-state index contributed by atoms with van der Waals surface area (Å²) >= 11 is 0. The maximum atomic E-state index is 4.36. The molecular formula is C17H23N3. The zero-order chi connectivity index (χ0) is 13.8. The van der Waals surface area contributed by atoms with Gasteiger partial charge in [-0.1, -0.05) is 19.1 Å². The van der Waals surface area contributed by atoms with E-state index in [0.717, 1.165) is 24.5 Å². The summed E-state index contributed by atoms with van der Waals surface area (Å²) in [6.45, 7) is 8.04. The molecule has 3 heteroatoms. The molecule has 1 aromatic carbocycles. The van der Waals surface area contributed by atoms with Crippen LogP contribution in [-0.2, 0) is 6.54 Å². The minimum atomic E-state index is 0.817. The van der Waals surface area contributed by atoms with Crippen molar-refractivity contribution in [3.63, 3.8) is 0 Å². The van der Waals surface area contributed by atoms with Crippen LogP contribution in [0.2, 0.25) is 0 Å². The second-order valence-electron chi connectivity index (χ2n) is 5.71. The first-order chi connectivity index (χ1) is 9.85. The number of benzene rings is 1. The Morgan fingerprint density at radius 3 is 3.15 bits per heavy atom. The quantitative estimate of drug-likeness (QED) is 0.904. The fraction of sp³-hybridized carbons (Fsp3) is 0.471. The molecule has 0 amide bonds. The first kappa shape index (κ1) is 13.5. The molecule has 0 saturated carbocycles. The summed E-state index contributed by atoms with van der Waals surface area (Å²) in [6.07, 6.45) is 3.18. The monoisotopic (exact) mass is 269 g/mol. The average Bonchev–Trinajstić information content (AvgIpc) is 2.95. The van der Waals surface area contributed by atoms with Gasteiger partial charge in [0.25, 0.3) is 0 Å². The largest absolute Gasteiger partial charge is 0.312 e. The predicted octanol–water partition coefficient (Wildman–Crippen LogP) is 2.67. The van der Waals surface area contributed by atoms with E-state index in [2.05, 4.69) is 46.4 Å². The van der Waals surface area contributed by atoms with Crippen molar-refractivity contribution in [2.45, 2.75) is 19.9 Å². The van der Waals surface area contributed by atoms with E-state index in [9.17, 15) is 0 Å². The first-order valence-corrected chi connectivity index (χ1v) is 7.62.